The molecule has 11 heteroatoms. The van der Waals surface area contributed by atoms with Crippen LogP contribution in [0.4, 0.5) is 23.7 Å². The van der Waals surface area contributed by atoms with Crippen LogP contribution in [-0.4, -0.2) is 57.5 Å². The number of anilines is 1. The fourth-order valence-electron chi connectivity index (χ4n) is 4.36. The van der Waals surface area contributed by atoms with Crippen LogP contribution in [0.3, 0.4) is 0 Å². The third-order valence-electron chi connectivity index (χ3n) is 6.15. The summed E-state index contributed by atoms with van der Waals surface area (Å²) in [5, 5.41) is 25.1. The molecule has 8 nitrogen and oxygen atoms in total. The number of carbonyl (C=O) groups excluding carboxylic acids is 2. The van der Waals surface area contributed by atoms with Crippen LogP contribution in [-0.2, 0) is 19.3 Å². The molecule has 3 unspecified atom stereocenters. The summed E-state index contributed by atoms with van der Waals surface area (Å²) in [5.41, 5.74) is 1.08. The average Bonchev–Trinajstić information content (AvgIpc) is 3.11. The van der Waals surface area contributed by atoms with Crippen LogP contribution >= 0.6 is 0 Å². The zero-order valence-corrected chi connectivity index (χ0v) is 18.3. The van der Waals surface area contributed by atoms with Gasteiger partial charge in [-0.25, -0.2) is 4.79 Å². The van der Waals surface area contributed by atoms with E-state index in [1.165, 1.54) is 24.1 Å². The maximum atomic E-state index is 13.0. The Labute approximate surface area is 194 Å². The Morgan fingerprint density at radius 3 is 2.65 bits per heavy atom. The number of nitrogens with one attached hydrogen (secondary N) is 2. The van der Waals surface area contributed by atoms with Crippen molar-refractivity contribution in [1.29, 1.82) is 0 Å². The number of fused-ring (bicyclic) bond motifs is 1. The minimum atomic E-state index is -4.52. The first-order valence-electron chi connectivity index (χ1n) is 10.8. The van der Waals surface area contributed by atoms with Crippen LogP contribution in [0.15, 0.2) is 42.5 Å². The number of carbonyl (C=O) groups is 2. The van der Waals surface area contributed by atoms with E-state index in [-0.39, 0.29) is 24.7 Å². The molecule has 2 aliphatic heterocycles. The Balaban J connectivity index is 1.46. The van der Waals surface area contributed by atoms with Crippen LogP contribution in [0.1, 0.15) is 39.9 Å². The van der Waals surface area contributed by atoms with Crippen molar-refractivity contribution in [2.75, 3.05) is 12.4 Å². The molecular weight excluding hydrogens is 453 g/mol. The van der Waals surface area contributed by atoms with Gasteiger partial charge < -0.3 is 25.3 Å². The van der Waals surface area contributed by atoms with Crippen molar-refractivity contribution >= 4 is 17.6 Å². The smallest absolute Gasteiger partial charge is 0.379 e. The maximum Gasteiger partial charge on any atom is 0.416 e. The molecule has 0 radical (unpaired) electrons. The highest BCUT2D eigenvalue weighted by atomic mass is 19.4. The Hall–Kier alpha value is -3.15. The van der Waals surface area contributed by atoms with Crippen molar-refractivity contribution in [3.8, 4) is 0 Å². The van der Waals surface area contributed by atoms with Gasteiger partial charge in [0, 0.05) is 31.4 Å². The van der Waals surface area contributed by atoms with E-state index in [1.807, 2.05) is 0 Å². The number of amides is 3. The normalized spacial score (nSPS) is 22.5. The van der Waals surface area contributed by atoms with Crippen molar-refractivity contribution in [2.45, 2.75) is 50.6 Å². The van der Waals surface area contributed by atoms with Gasteiger partial charge in [-0.05, 0) is 48.2 Å². The highest BCUT2D eigenvalue weighted by Gasteiger charge is 2.39. The molecular formula is C23H25F3N4O4. The van der Waals surface area contributed by atoms with Crippen LogP contribution in [0.25, 0.3) is 0 Å². The minimum Gasteiger partial charge on any atom is -0.379 e. The number of piperidine rings is 1. The quantitative estimate of drug-likeness (QED) is 0.541. The topological polar surface area (TPSA) is 105 Å². The number of benzene rings is 2. The summed E-state index contributed by atoms with van der Waals surface area (Å²) >= 11 is 0. The molecule has 0 saturated carbocycles. The van der Waals surface area contributed by atoms with Crippen molar-refractivity contribution in [1.82, 2.24) is 15.1 Å². The third kappa shape index (κ3) is 4.86. The fourth-order valence-corrected chi connectivity index (χ4v) is 4.36. The average molecular weight is 478 g/mol. The highest BCUT2D eigenvalue weighted by molar-refractivity contribution is 5.99. The number of hydrogen-bond donors (Lipinski definition) is 4. The third-order valence-corrected chi connectivity index (χ3v) is 6.15. The first-order chi connectivity index (χ1) is 16.0. The number of alkyl halides is 3. The van der Waals surface area contributed by atoms with Gasteiger partial charge in [0.2, 0.25) is 0 Å². The van der Waals surface area contributed by atoms with E-state index in [0.717, 1.165) is 17.7 Å². The molecule has 2 aromatic rings. The molecule has 1 saturated heterocycles. The molecule has 3 amide bonds. The predicted molar refractivity (Wildman–Crippen MR) is 116 cm³/mol. The van der Waals surface area contributed by atoms with Crippen molar-refractivity contribution in [2.24, 2.45) is 0 Å². The molecule has 34 heavy (non-hydrogen) atoms. The van der Waals surface area contributed by atoms with E-state index in [0.29, 0.717) is 24.0 Å². The van der Waals surface area contributed by atoms with E-state index in [9.17, 15) is 33.0 Å². The summed E-state index contributed by atoms with van der Waals surface area (Å²) in [6, 6.07) is 8.45. The van der Waals surface area contributed by atoms with Crippen molar-refractivity contribution < 1.29 is 33.0 Å². The lowest BCUT2D eigenvalue weighted by atomic mass is 10.0. The first-order valence-corrected chi connectivity index (χ1v) is 10.8. The second-order valence-electron chi connectivity index (χ2n) is 8.51. The Morgan fingerprint density at radius 2 is 1.94 bits per heavy atom. The number of halogens is 3. The van der Waals surface area contributed by atoms with Gasteiger partial charge in [0.05, 0.1) is 11.6 Å². The van der Waals surface area contributed by atoms with Gasteiger partial charge in [0.15, 0.2) is 0 Å². The lowest BCUT2D eigenvalue weighted by Gasteiger charge is -2.37. The van der Waals surface area contributed by atoms with E-state index < -0.39 is 36.3 Å². The number of aliphatic hydroxyl groups excluding tert-OH is 2. The standard InChI is InChI=1S/C23H25F3N4O4/c1-29(22(34)27-15-6-3-5-14(10-15)23(24,25)26)11-13-4-2-7-16-17(13)12-30(21(16)33)18-8-9-19(31)28-20(18)32/h2-7,10,18-20,28,31-32H,8-9,11-12H2,1H3,(H,27,34). The zero-order chi connectivity index (χ0) is 24.6. The molecule has 1 fully saturated rings. The van der Waals surface area contributed by atoms with E-state index in [4.69, 9.17) is 0 Å². The first kappa shape index (κ1) is 24.0. The number of aliphatic hydroxyl groups is 2. The Morgan fingerprint density at radius 1 is 1.21 bits per heavy atom. The van der Waals surface area contributed by atoms with Gasteiger partial charge in [-0.1, -0.05) is 18.2 Å². The molecule has 2 heterocycles. The molecule has 0 aliphatic carbocycles. The molecule has 3 atom stereocenters. The lowest BCUT2D eigenvalue weighted by Crippen LogP contribution is -2.56. The van der Waals surface area contributed by atoms with Crippen LogP contribution < -0.4 is 10.6 Å². The molecule has 4 N–H and O–H groups in total. The van der Waals surface area contributed by atoms with Gasteiger partial charge in [-0.2, -0.15) is 13.2 Å². The zero-order valence-electron chi connectivity index (χ0n) is 18.3. The van der Waals surface area contributed by atoms with Crippen LogP contribution in [0.5, 0.6) is 0 Å². The summed E-state index contributed by atoms with van der Waals surface area (Å²) in [4.78, 5) is 28.5. The number of nitrogens with zero attached hydrogens (tertiary/aromatic N) is 2. The molecule has 4 rings (SSSR count). The van der Waals surface area contributed by atoms with E-state index in [1.54, 1.807) is 23.1 Å². The van der Waals surface area contributed by atoms with Gasteiger partial charge in [0.1, 0.15) is 12.5 Å². The van der Waals surface area contributed by atoms with E-state index >= 15 is 0 Å². The van der Waals surface area contributed by atoms with Gasteiger partial charge in [0.25, 0.3) is 5.91 Å². The summed E-state index contributed by atoms with van der Waals surface area (Å²) < 4.78 is 38.8. The molecule has 2 aromatic carbocycles. The number of urea groups is 1. The summed E-state index contributed by atoms with van der Waals surface area (Å²) in [6.45, 7) is 0.367. The number of hydrogen-bond acceptors (Lipinski definition) is 5. The van der Waals surface area contributed by atoms with Gasteiger partial charge in [-0.15, -0.1) is 0 Å². The SMILES string of the molecule is CN(Cc1cccc2c1CN(C1CCC(O)NC1O)C2=O)C(=O)Nc1cccc(C(F)(F)F)c1. The molecule has 0 spiro atoms. The van der Waals surface area contributed by atoms with Crippen molar-refractivity contribution in [3.63, 3.8) is 0 Å². The largest absolute Gasteiger partial charge is 0.416 e. The number of rotatable bonds is 4. The van der Waals surface area contributed by atoms with Crippen molar-refractivity contribution in [3.05, 3.63) is 64.7 Å². The fraction of sp³-hybridized carbons (Fsp3) is 0.391. The highest BCUT2D eigenvalue weighted by Crippen LogP contribution is 2.32. The van der Waals surface area contributed by atoms with E-state index in [2.05, 4.69) is 10.6 Å². The summed E-state index contributed by atoms with van der Waals surface area (Å²) in [6.07, 6.45) is -5.58. The Kier molecular flexibility index (Phi) is 6.52. The lowest BCUT2D eigenvalue weighted by molar-refractivity contribution is -0.137. The summed E-state index contributed by atoms with van der Waals surface area (Å²) in [7, 11) is 1.51. The molecule has 0 bridgehead atoms. The van der Waals surface area contributed by atoms with Gasteiger partial charge in [-0.3, -0.25) is 10.1 Å². The molecule has 2 aliphatic rings. The maximum absolute atomic E-state index is 13.0. The van der Waals surface area contributed by atoms with Crippen LogP contribution in [0, 0.1) is 0 Å². The second-order valence-corrected chi connectivity index (χ2v) is 8.51. The van der Waals surface area contributed by atoms with Gasteiger partial charge >= 0.3 is 12.2 Å². The Bertz CT molecular complexity index is 1090. The predicted octanol–water partition coefficient (Wildman–Crippen LogP) is 2.71. The minimum absolute atomic E-state index is 0.0206. The van der Waals surface area contributed by atoms with Crippen LogP contribution in [0.2, 0.25) is 0 Å². The second kappa shape index (κ2) is 9.24. The molecule has 0 aromatic heterocycles. The molecule has 182 valence electrons. The monoisotopic (exact) mass is 478 g/mol. The summed E-state index contributed by atoms with van der Waals surface area (Å²) in [5.74, 6) is -0.241.